The highest BCUT2D eigenvalue weighted by molar-refractivity contribution is 9.10. The maximum absolute atomic E-state index is 9.20. The third kappa shape index (κ3) is 3.53. The molecule has 3 N–H and O–H groups in total. The van der Waals surface area contributed by atoms with Crippen LogP contribution in [0.2, 0.25) is 0 Å². The molecule has 0 fully saturated rings. The van der Waals surface area contributed by atoms with Gasteiger partial charge in [0.25, 0.3) is 0 Å². The van der Waals surface area contributed by atoms with E-state index in [-0.39, 0.29) is 19.3 Å². The number of halogens is 1. The van der Waals surface area contributed by atoms with Crippen molar-refractivity contribution in [2.45, 2.75) is 13.0 Å². The van der Waals surface area contributed by atoms with Crippen molar-refractivity contribution in [2.24, 2.45) is 0 Å². The molecular weight excluding hydrogens is 260 g/mol. The van der Waals surface area contributed by atoms with Gasteiger partial charge in [-0.15, -0.1) is 0 Å². The number of aliphatic hydroxyl groups excluding tert-OH is 2. The predicted octanol–water partition coefficient (Wildman–Crippen LogP) is 0.768. The second-order valence-corrected chi connectivity index (χ2v) is 4.18. The summed E-state index contributed by atoms with van der Waals surface area (Å²) in [5.41, 5.74) is 1.82. The fraction of sp³-hybridized carbons (Fsp3) is 0.500. The molecule has 1 rings (SSSR count). The lowest BCUT2D eigenvalue weighted by Gasteiger charge is -2.17. The van der Waals surface area contributed by atoms with E-state index in [9.17, 15) is 5.11 Å². The van der Waals surface area contributed by atoms with Crippen LogP contribution >= 0.6 is 15.9 Å². The van der Waals surface area contributed by atoms with Gasteiger partial charge >= 0.3 is 0 Å². The minimum atomic E-state index is -0.217. The molecule has 0 spiro atoms. The quantitative estimate of drug-likeness (QED) is 0.742. The van der Waals surface area contributed by atoms with Crippen LogP contribution in [0.1, 0.15) is 17.3 Å². The average molecular weight is 275 g/mol. The van der Waals surface area contributed by atoms with Crippen molar-refractivity contribution in [3.63, 3.8) is 0 Å². The van der Waals surface area contributed by atoms with Crippen molar-refractivity contribution in [1.29, 1.82) is 0 Å². The van der Waals surface area contributed by atoms with E-state index in [1.807, 2.05) is 13.0 Å². The number of hydrogen-bond donors (Lipinski definition) is 3. The molecular formula is C10H15BrN2O2. The topological polar surface area (TPSA) is 65.4 Å². The third-order valence-corrected chi connectivity index (χ3v) is 2.53. The zero-order valence-corrected chi connectivity index (χ0v) is 10.2. The van der Waals surface area contributed by atoms with Gasteiger partial charge in [-0.25, -0.2) is 0 Å². The Labute approximate surface area is 97.5 Å². The molecule has 1 aromatic rings. The molecule has 0 bridgehead atoms. The maximum atomic E-state index is 9.20. The molecule has 0 aliphatic rings. The number of rotatable bonds is 5. The molecule has 1 aromatic heterocycles. The molecule has 15 heavy (non-hydrogen) atoms. The van der Waals surface area contributed by atoms with Gasteiger partial charge < -0.3 is 15.5 Å². The number of aromatic nitrogens is 1. The normalized spacial score (nSPS) is 12.8. The highest BCUT2D eigenvalue weighted by Crippen LogP contribution is 2.18. The van der Waals surface area contributed by atoms with Crippen molar-refractivity contribution in [1.82, 2.24) is 10.3 Å². The van der Waals surface area contributed by atoms with Gasteiger partial charge in [0, 0.05) is 17.2 Å². The standard InChI is InChI=1S/C10H15BrN2O2/c1-7-4-8(11)5-13-10(7)9(6-15)12-2-3-14/h4-5,9,12,14-15H,2-3,6H2,1H3. The lowest BCUT2D eigenvalue weighted by molar-refractivity contribution is 0.225. The number of nitrogens with zero attached hydrogens (tertiary/aromatic N) is 1. The van der Waals surface area contributed by atoms with E-state index >= 15 is 0 Å². The maximum Gasteiger partial charge on any atom is 0.0733 e. The van der Waals surface area contributed by atoms with Crippen LogP contribution < -0.4 is 5.32 Å². The molecule has 84 valence electrons. The molecule has 0 aliphatic heterocycles. The van der Waals surface area contributed by atoms with Crippen molar-refractivity contribution in [3.05, 3.63) is 28.0 Å². The summed E-state index contributed by atoms with van der Waals surface area (Å²) in [5.74, 6) is 0. The monoisotopic (exact) mass is 274 g/mol. The Kier molecular flexibility index (Phi) is 5.17. The van der Waals surface area contributed by atoms with Gasteiger partial charge in [-0.3, -0.25) is 4.98 Å². The number of pyridine rings is 1. The summed E-state index contributed by atoms with van der Waals surface area (Å²) >= 11 is 3.33. The van der Waals surface area contributed by atoms with Gasteiger partial charge in [-0.1, -0.05) is 0 Å². The van der Waals surface area contributed by atoms with E-state index in [0.717, 1.165) is 15.7 Å². The summed E-state index contributed by atoms with van der Waals surface area (Å²) in [7, 11) is 0. The van der Waals surface area contributed by atoms with E-state index in [1.165, 1.54) is 0 Å². The van der Waals surface area contributed by atoms with Crippen molar-refractivity contribution in [2.75, 3.05) is 19.8 Å². The highest BCUT2D eigenvalue weighted by Gasteiger charge is 2.13. The average Bonchev–Trinajstić information content (AvgIpc) is 2.21. The molecule has 4 nitrogen and oxygen atoms in total. The molecule has 1 heterocycles. The van der Waals surface area contributed by atoms with Gasteiger partial charge in [0.2, 0.25) is 0 Å². The Morgan fingerprint density at radius 1 is 1.53 bits per heavy atom. The number of aryl methyl sites for hydroxylation is 1. The Morgan fingerprint density at radius 3 is 2.80 bits per heavy atom. The molecule has 1 atom stereocenters. The van der Waals surface area contributed by atoms with Crippen molar-refractivity contribution in [3.8, 4) is 0 Å². The van der Waals surface area contributed by atoms with Crippen LogP contribution in [0.25, 0.3) is 0 Å². The third-order valence-electron chi connectivity index (χ3n) is 2.10. The van der Waals surface area contributed by atoms with Crippen LogP contribution in [0.15, 0.2) is 16.7 Å². The number of nitrogens with one attached hydrogen (secondary N) is 1. The van der Waals surface area contributed by atoms with Gasteiger partial charge in [-0.05, 0) is 34.5 Å². The summed E-state index contributed by atoms with van der Waals surface area (Å²) in [6.45, 7) is 2.40. The Morgan fingerprint density at radius 2 is 2.27 bits per heavy atom. The van der Waals surface area contributed by atoms with Gasteiger partial charge in [0.1, 0.15) is 0 Å². The summed E-state index contributed by atoms with van der Waals surface area (Å²) in [6.07, 6.45) is 1.70. The SMILES string of the molecule is Cc1cc(Br)cnc1C(CO)NCCO. The minimum Gasteiger partial charge on any atom is -0.395 e. The van der Waals surface area contributed by atoms with Crippen LogP contribution in [0.4, 0.5) is 0 Å². The molecule has 0 aliphatic carbocycles. The zero-order chi connectivity index (χ0) is 11.3. The Bertz CT molecular complexity index is 320. The van der Waals surface area contributed by atoms with Gasteiger partial charge in [-0.2, -0.15) is 0 Å². The highest BCUT2D eigenvalue weighted by atomic mass is 79.9. The van der Waals surface area contributed by atoms with E-state index in [2.05, 4.69) is 26.2 Å². The van der Waals surface area contributed by atoms with Crippen LogP contribution in [0, 0.1) is 6.92 Å². The molecule has 0 saturated heterocycles. The number of hydrogen-bond acceptors (Lipinski definition) is 4. The van der Waals surface area contributed by atoms with Crippen LogP contribution in [0.5, 0.6) is 0 Å². The largest absolute Gasteiger partial charge is 0.395 e. The van der Waals surface area contributed by atoms with E-state index in [4.69, 9.17) is 5.11 Å². The van der Waals surface area contributed by atoms with E-state index in [1.54, 1.807) is 6.20 Å². The first-order valence-corrected chi connectivity index (χ1v) is 5.55. The lowest BCUT2D eigenvalue weighted by atomic mass is 10.1. The summed E-state index contributed by atoms with van der Waals surface area (Å²) in [4.78, 5) is 4.25. The second kappa shape index (κ2) is 6.17. The summed E-state index contributed by atoms with van der Waals surface area (Å²) in [6, 6.07) is 1.73. The van der Waals surface area contributed by atoms with Gasteiger partial charge in [0.05, 0.1) is 24.9 Å². The Hall–Kier alpha value is -0.490. The fourth-order valence-corrected chi connectivity index (χ4v) is 1.85. The van der Waals surface area contributed by atoms with Crippen LogP contribution in [-0.2, 0) is 0 Å². The molecule has 0 radical (unpaired) electrons. The summed E-state index contributed by atoms with van der Waals surface area (Å²) < 4.78 is 0.919. The first kappa shape index (κ1) is 12.6. The Balaban J connectivity index is 2.81. The van der Waals surface area contributed by atoms with Crippen LogP contribution in [0.3, 0.4) is 0 Å². The van der Waals surface area contributed by atoms with Crippen molar-refractivity contribution < 1.29 is 10.2 Å². The zero-order valence-electron chi connectivity index (χ0n) is 8.57. The van der Waals surface area contributed by atoms with Crippen LogP contribution in [-0.4, -0.2) is 35.0 Å². The fourth-order valence-electron chi connectivity index (χ4n) is 1.40. The molecule has 0 amide bonds. The minimum absolute atomic E-state index is 0.0323. The van der Waals surface area contributed by atoms with Gasteiger partial charge in [0.15, 0.2) is 0 Å². The van der Waals surface area contributed by atoms with Crippen molar-refractivity contribution >= 4 is 15.9 Å². The smallest absolute Gasteiger partial charge is 0.0733 e. The molecule has 5 heteroatoms. The van der Waals surface area contributed by atoms with E-state index < -0.39 is 0 Å². The lowest BCUT2D eigenvalue weighted by Crippen LogP contribution is -2.28. The first-order valence-electron chi connectivity index (χ1n) is 4.76. The predicted molar refractivity (Wildman–Crippen MR) is 61.6 cm³/mol. The van der Waals surface area contributed by atoms with E-state index in [0.29, 0.717) is 6.54 Å². The number of aliphatic hydroxyl groups is 2. The first-order chi connectivity index (χ1) is 7.19. The second-order valence-electron chi connectivity index (χ2n) is 3.27. The molecule has 0 aromatic carbocycles. The molecule has 0 saturated carbocycles. The summed E-state index contributed by atoms with van der Waals surface area (Å²) in [5, 5.41) is 20.9. The molecule has 1 unspecified atom stereocenters.